The van der Waals surface area contributed by atoms with Gasteiger partial charge in [0, 0.05) is 23.5 Å². The van der Waals surface area contributed by atoms with Crippen LogP contribution in [0.5, 0.6) is 0 Å². The van der Waals surface area contributed by atoms with Gasteiger partial charge < -0.3 is 9.88 Å². The first-order chi connectivity index (χ1) is 8.58. The van der Waals surface area contributed by atoms with Crippen LogP contribution in [0.2, 0.25) is 0 Å². The normalized spacial score (nSPS) is 15.9. The number of Topliss-reactive ketones (excluding diaryl/α,β-unsaturated/α-hetero) is 1. The van der Waals surface area contributed by atoms with Crippen molar-refractivity contribution < 1.29 is 9.59 Å². The summed E-state index contributed by atoms with van der Waals surface area (Å²) in [6, 6.07) is 2.13. The fraction of sp³-hybridized carbons (Fsp3) is 0.571. The number of carbonyl (C=O) groups is 2. The van der Waals surface area contributed by atoms with Crippen LogP contribution in [-0.2, 0) is 11.3 Å². The summed E-state index contributed by atoms with van der Waals surface area (Å²) in [5.74, 6) is 0.0816. The lowest BCUT2D eigenvalue weighted by Crippen LogP contribution is -2.35. The van der Waals surface area contributed by atoms with E-state index >= 15 is 0 Å². The van der Waals surface area contributed by atoms with E-state index in [9.17, 15) is 9.59 Å². The van der Waals surface area contributed by atoms with Gasteiger partial charge in [0.05, 0.1) is 0 Å². The molecule has 0 aliphatic heterocycles. The molecule has 1 aliphatic rings. The lowest BCUT2D eigenvalue weighted by Gasteiger charge is -2.13. The molecule has 2 rings (SSSR count). The van der Waals surface area contributed by atoms with E-state index in [2.05, 4.69) is 5.32 Å². The highest BCUT2D eigenvalue weighted by molar-refractivity contribution is 5.95. The molecule has 0 saturated heterocycles. The van der Waals surface area contributed by atoms with Gasteiger partial charge >= 0.3 is 0 Å². The van der Waals surface area contributed by atoms with Gasteiger partial charge in [-0.1, -0.05) is 12.8 Å². The third-order valence-corrected chi connectivity index (χ3v) is 3.66. The Balaban J connectivity index is 1.96. The Morgan fingerprint density at radius 1 is 1.39 bits per heavy atom. The van der Waals surface area contributed by atoms with Crippen molar-refractivity contribution in [1.29, 1.82) is 0 Å². The number of amides is 1. The Labute approximate surface area is 107 Å². The number of hydrogen-bond donors (Lipinski definition) is 1. The van der Waals surface area contributed by atoms with Crippen molar-refractivity contribution in [3.63, 3.8) is 0 Å². The molecule has 18 heavy (non-hydrogen) atoms. The summed E-state index contributed by atoms with van der Waals surface area (Å²) in [5.41, 5.74) is 1.56. The molecular weight excluding hydrogens is 228 g/mol. The fourth-order valence-corrected chi connectivity index (χ4v) is 2.59. The van der Waals surface area contributed by atoms with Crippen LogP contribution in [0.4, 0.5) is 0 Å². The third kappa shape index (κ3) is 2.81. The van der Waals surface area contributed by atoms with E-state index in [0.29, 0.717) is 18.2 Å². The number of ketones is 1. The number of nitrogens with one attached hydrogen (secondary N) is 1. The fourth-order valence-electron chi connectivity index (χ4n) is 2.59. The molecule has 0 radical (unpaired) electrons. The van der Waals surface area contributed by atoms with Crippen LogP contribution in [0.3, 0.4) is 0 Å². The Morgan fingerprint density at radius 3 is 2.61 bits per heavy atom. The molecule has 1 N–H and O–H groups in total. The molecule has 0 bridgehead atoms. The average molecular weight is 248 g/mol. The molecule has 0 aromatic carbocycles. The minimum Gasteiger partial charge on any atom is -0.352 e. The highest BCUT2D eigenvalue weighted by atomic mass is 16.2. The van der Waals surface area contributed by atoms with Crippen molar-refractivity contribution >= 4 is 11.7 Å². The van der Waals surface area contributed by atoms with Gasteiger partial charge in [0.25, 0.3) is 0 Å². The number of hydrogen-bond acceptors (Lipinski definition) is 2. The molecule has 1 fully saturated rings. The highest BCUT2D eigenvalue weighted by Crippen LogP contribution is 2.17. The first-order valence-electron chi connectivity index (χ1n) is 6.54. The Morgan fingerprint density at radius 2 is 2.06 bits per heavy atom. The molecule has 4 nitrogen and oxygen atoms in total. The second kappa shape index (κ2) is 5.38. The van der Waals surface area contributed by atoms with E-state index in [4.69, 9.17) is 0 Å². The van der Waals surface area contributed by atoms with Crippen molar-refractivity contribution in [2.75, 3.05) is 0 Å². The maximum atomic E-state index is 11.9. The molecule has 0 atom stereocenters. The van der Waals surface area contributed by atoms with Crippen LogP contribution >= 0.6 is 0 Å². The SMILES string of the molecule is CC(=O)c1ccn(CC(=O)NC2CCCC2)c1C. The van der Waals surface area contributed by atoms with Crippen LogP contribution in [-0.4, -0.2) is 22.3 Å². The molecule has 0 spiro atoms. The van der Waals surface area contributed by atoms with Gasteiger partial charge in [-0.2, -0.15) is 0 Å². The van der Waals surface area contributed by atoms with Crippen LogP contribution in [0.15, 0.2) is 12.3 Å². The van der Waals surface area contributed by atoms with Gasteiger partial charge in [-0.05, 0) is 32.8 Å². The van der Waals surface area contributed by atoms with Gasteiger partial charge in [-0.3, -0.25) is 9.59 Å². The summed E-state index contributed by atoms with van der Waals surface area (Å²) < 4.78 is 1.83. The van der Waals surface area contributed by atoms with E-state index in [-0.39, 0.29) is 11.7 Å². The molecule has 1 heterocycles. The summed E-state index contributed by atoms with van der Waals surface area (Å²) in [7, 11) is 0. The van der Waals surface area contributed by atoms with E-state index in [0.717, 1.165) is 18.5 Å². The molecule has 1 aromatic heterocycles. The smallest absolute Gasteiger partial charge is 0.240 e. The maximum Gasteiger partial charge on any atom is 0.240 e. The molecule has 1 aliphatic carbocycles. The lowest BCUT2D eigenvalue weighted by molar-refractivity contribution is -0.122. The van der Waals surface area contributed by atoms with Crippen molar-refractivity contribution in [3.05, 3.63) is 23.5 Å². The largest absolute Gasteiger partial charge is 0.352 e. The van der Waals surface area contributed by atoms with Gasteiger partial charge in [0.2, 0.25) is 5.91 Å². The summed E-state index contributed by atoms with van der Waals surface area (Å²) in [6.45, 7) is 3.72. The predicted molar refractivity (Wildman–Crippen MR) is 69.6 cm³/mol. The van der Waals surface area contributed by atoms with Crippen molar-refractivity contribution in [3.8, 4) is 0 Å². The average Bonchev–Trinajstić information content (AvgIpc) is 2.90. The van der Waals surface area contributed by atoms with E-state index in [1.807, 2.05) is 11.5 Å². The minimum atomic E-state index is 0.0377. The third-order valence-electron chi connectivity index (χ3n) is 3.66. The Hall–Kier alpha value is -1.58. The summed E-state index contributed by atoms with van der Waals surface area (Å²) >= 11 is 0. The van der Waals surface area contributed by atoms with Gasteiger partial charge in [-0.15, -0.1) is 0 Å². The number of aromatic nitrogens is 1. The van der Waals surface area contributed by atoms with E-state index in [1.54, 1.807) is 19.2 Å². The van der Waals surface area contributed by atoms with E-state index < -0.39 is 0 Å². The first kappa shape index (κ1) is 12.9. The van der Waals surface area contributed by atoms with Crippen LogP contribution in [0, 0.1) is 6.92 Å². The Bertz CT molecular complexity index is 456. The standard InChI is InChI=1S/C14H20N2O2/c1-10-13(11(2)17)7-8-16(10)9-14(18)15-12-5-3-4-6-12/h7-8,12H,3-6,9H2,1-2H3,(H,15,18). The summed E-state index contributed by atoms with van der Waals surface area (Å²) in [4.78, 5) is 23.2. The second-order valence-electron chi connectivity index (χ2n) is 5.05. The zero-order valence-electron chi connectivity index (χ0n) is 11.0. The van der Waals surface area contributed by atoms with Gasteiger partial charge in [-0.25, -0.2) is 0 Å². The number of rotatable bonds is 4. The molecule has 1 aromatic rings. The molecule has 1 saturated carbocycles. The topological polar surface area (TPSA) is 51.1 Å². The van der Waals surface area contributed by atoms with Crippen molar-refractivity contribution in [2.24, 2.45) is 0 Å². The first-order valence-corrected chi connectivity index (χ1v) is 6.54. The monoisotopic (exact) mass is 248 g/mol. The summed E-state index contributed by atoms with van der Waals surface area (Å²) in [6.07, 6.45) is 6.41. The predicted octanol–water partition coefficient (Wildman–Crippen LogP) is 2.06. The quantitative estimate of drug-likeness (QED) is 0.829. The van der Waals surface area contributed by atoms with Gasteiger partial charge in [0.15, 0.2) is 5.78 Å². The second-order valence-corrected chi connectivity index (χ2v) is 5.05. The molecule has 0 unspecified atom stereocenters. The maximum absolute atomic E-state index is 11.9. The number of nitrogens with zero attached hydrogens (tertiary/aromatic N) is 1. The number of carbonyl (C=O) groups excluding carboxylic acids is 2. The van der Waals surface area contributed by atoms with Crippen molar-refractivity contribution in [1.82, 2.24) is 9.88 Å². The van der Waals surface area contributed by atoms with Crippen molar-refractivity contribution in [2.45, 2.75) is 52.1 Å². The lowest BCUT2D eigenvalue weighted by atomic mass is 10.2. The molecular formula is C14H20N2O2. The van der Waals surface area contributed by atoms with Crippen LogP contribution in [0.1, 0.15) is 48.7 Å². The van der Waals surface area contributed by atoms with Gasteiger partial charge in [0.1, 0.15) is 6.54 Å². The van der Waals surface area contributed by atoms with E-state index in [1.165, 1.54) is 12.8 Å². The molecule has 1 amide bonds. The summed E-state index contributed by atoms with van der Waals surface area (Å²) in [5, 5.41) is 3.05. The minimum absolute atomic E-state index is 0.0377. The zero-order valence-corrected chi connectivity index (χ0v) is 11.0. The zero-order chi connectivity index (χ0) is 13.1. The van der Waals surface area contributed by atoms with Crippen LogP contribution in [0.25, 0.3) is 0 Å². The van der Waals surface area contributed by atoms with Crippen LogP contribution < -0.4 is 5.32 Å². The highest BCUT2D eigenvalue weighted by Gasteiger charge is 2.18. The molecule has 98 valence electrons. The molecule has 4 heteroatoms. The Kier molecular flexibility index (Phi) is 3.84.